The molecular weight excluding hydrogens is 312 g/mol. The molecule has 0 unspecified atom stereocenters. The highest BCUT2D eigenvalue weighted by Crippen LogP contribution is 2.18. The van der Waals surface area contributed by atoms with Crippen molar-refractivity contribution in [1.82, 2.24) is 25.4 Å². The second-order valence-electron chi connectivity index (χ2n) is 5.81. The Bertz CT molecular complexity index is 847. The van der Waals surface area contributed by atoms with Gasteiger partial charge in [0, 0.05) is 20.1 Å². The van der Waals surface area contributed by atoms with E-state index in [1.165, 1.54) is 16.3 Å². The van der Waals surface area contributed by atoms with Crippen molar-refractivity contribution in [3.05, 3.63) is 60.2 Å². The number of nitrogens with one attached hydrogen (secondary N) is 2. The van der Waals surface area contributed by atoms with Crippen LogP contribution in [0.3, 0.4) is 0 Å². The first-order chi connectivity index (χ1) is 12.3. The second-order valence-corrected chi connectivity index (χ2v) is 5.81. The summed E-state index contributed by atoms with van der Waals surface area (Å²) in [5, 5.41) is 13.3. The van der Waals surface area contributed by atoms with Crippen LogP contribution in [0.5, 0.6) is 0 Å². The van der Waals surface area contributed by atoms with Crippen LogP contribution in [0.2, 0.25) is 0 Å². The summed E-state index contributed by atoms with van der Waals surface area (Å²) in [7, 11) is 1.87. The summed E-state index contributed by atoms with van der Waals surface area (Å²) in [4.78, 5) is 8.78. The van der Waals surface area contributed by atoms with Crippen LogP contribution in [0, 0.1) is 0 Å². The molecule has 3 aromatic rings. The molecule has 1 heterocycles. The molecular formula is C19H24N6. The summed E-state index contributed by atoms with van der Waals surface area (Å²) in [5.41, 5.74) is 1.34. The van der Waals surface area contributed by atoms with E-state index in [1.54, 1.807) is 11.0 Å². The first kappa shape index (κ1) is 17.0. The molecule has 25 heavy (non-hydrogen) atoms. The number of benzene rings is 2. The zero-order chi connectivity index (χ0) is 17.5. The van der Waals surface area contributed by atoms with Crippen molar-refractivity contribution in [2.24, 2.45) is 12.0 Å². The monoisotopic (exact) mass is 336 g/mol. The van der Waals surface area contributed by atoms with Crippen LogP contribution in [-0.2, 0) is 20.0 Å². The molecule has 0 aliphatic carbocycles. The molecule has 0 bridgehead atoms. The Morgan fingerprint density at radius 3 is 2.76 bits per heavy atom. The molecule has 1 aromatic heterocycles. The van der Waals surface area contributed by atoms with E-state index in [9.17, 15) is 0 Å². The highest BCUT2D eigenvalue weighted by Gasteiger charge is 2.03. The molecule has 0 amide bonds. The number of aromatic nitrogens is 3. The molecule has 6 nitrogen and oxygen atoms in total. The Morgan fingerprint density at radius 2 is 1.96 bits per heavy atom. The smallest absolute Gasteiger partial charge is 0.191 e. The van der Waals surface area contributed by atoms with Gasteiger partial charge in [-0.25, -0.2) is 9.98 Å². The van der Waals surface area contributed by atoms with Crippen LogP contribution in [-0.4, -0.2) is 33.8 Å². The maximum atomic E-state index is 4.58. The molecule has 130 valence electrons. The van der Waals surface area contributed by atoms with E-state index in [-0.39, 0.29) is 0 Å². The molecule has 3 rings (SSSR count). The van der Waals surface area contributed by atoms with Crippen molar-refractivity contribution in [1.29, 1.82) is 0 Å². The maximum absolute atomic E-state index is 4.58. The number of fused-ring (bicyclic) bond motifs is 1. The standard InChI is InChI=1S/C19H24N6/c1-3-20-19(22-13-18-23-14-24-25(18)2)21-12-11-16-9-6-8-15-7-4-5-10-17(15)16/h4-10,14H,3,11-13H2,1-2H3,(H2,20,21,22). The van der Waals surface area contributed by atoms with Gasteiger partial charge in [0.25, 0.3) is 0 Å². The quantitative estimate of drug-likeness (QED) is 0.535. The van der Waals surface area contributed by atoms with Gasteiger partial charge < -0.3 is 10.6 Å². The summed E-state index contributed by atoms with van der Waals surface area (Å²) in [6, 6.07) is 15.0. The third kappa shape index (κ3) is 4.35. The van der Waals surface area contributed by atoms with E-state index in [1.807, 2.05) is 7.05 Å². The van der Waals surface area contributed by atoms with Gasteiger partial charge >= 0.3 is 0 Å². The lowest BCUT2D eigenvalue weighted by Crippen LogP contribution is -2.38. The lowest BCUT2D eigenvalue weighted by atomic mass is 10.0. The average Bonchev–Trinajstić information content (AvgIpc) is 3.05. The van der Waals surface area contributed by atoms with E-state index in [2.05, 4.69) is 75.1 Å². The van der Waals surface area contributed by atoms with Gasteiger partial charge in [0.2, 0.25) is 0 Å². The number of rotatable bonds is 6. The SMILES string of the molecule is CCNC(=NCc1ncnn1C)NCCc1cccc2ccccc12. The molecule has 0 saturated carbocycles. The fourth-order valence-electron chi connectivity index (χ4n) is 2.78. The summed E-state index contributed by atoms with van der Waals surface area (Å²) in [6.07, 6.45) is 2.49. The maximum Gasteiger partial charge on any atom is 0.191 e. The Labute approximate surface area is 148 Å². The number of aryl methyl sites for hydroxylation is 1. The van der Waals surface area contributed by atoms with Crippen molar-refractivity contribution >= 4 is 16.7 Å². The van der Waals surface area contributed by atoms with Crippen molar-refractivity contribution in [3.63, 3.8) is 0 Å². The summed E-state index contributed by atoms with van der Waals surface area (Å²) in [6.45, 7) is 4.20. The van der Waals surface area contributed by atoms with Crippen LogP contribution in [0.25, 0.3) is 10.8 Å². The van der Waals surface area contributed by atoms with E-state index in [4.69, 9.17) is 0 Å². The fourth-order valence-corrected chi connectivity index (χ4v) is 2.78. The van der Waals surface area contributed by atoms with Gasteiger partial charge in [0.15, 0.2) is 5.96 Å². The van der Waals surface area contributed by atoms with E-state index >= 15 is 0 Å². The summed E-state index contributed by atoms with van der Waals surface area (Å²) in [5.74, 6) is 1.64. The number of aliphatic imine (C=N–C) groups is 1. The number of hydrogen-bond donors (Lipinski definition) is 2. The normalized spacial score (nSPS) is 11.7. The minimum atomic E-state index is 0.500. The van der Waals surface area contributed by atoms with Gasteiger partial charge in [-0.1, -0.05) is 42.5 Å². The van der Waals surface area contributed by atoms with Crippen LogP contribution in [0.15, 0.2) is 53.8 Å². The Kier molecular flexibility index (Phi) is 5.61. The molecule has 0 fully saturated rings. The first-order valence-electron chi connectivity index (χ1n) is 8.59. The van der Waals surface area contributed by atoms with Crippen molar-refractivity contribution in [2.75, 3.05) is 13.1 Å². The zero-order valence-electron chi connectivity index (χ0n) is 14.7. The van der Waals surface area contributed by atoms with Gasteiger partial charge in [-0.15, -0.1) is 0 Å². The highest BCUT2D eigenvalue weighted by atomic mass is 15.3. The molecule has 0 aliphatic heterocycles. The third-order valence-electron chi connectivity index (χ3n) is 4.09. The molecule has 6 heteroatoms. The van der Waals surface area contributed by atoms with E-state index in [0.717, 1.165) is 31.3 Å². The van der Waals surface area contributed by atoms with Crippen LogP contribution >= 0.6 is 0 Å². The van der Waals surface area contributed by atoms with Gasteiger partial charge in [0.05, 0.1) is 0 Å². The topological polar surface area (TPSA) is 67.1 Å². The molecule has 2 N–H and O–H groups in total. The molecule has 0 spiro atoms. The second kappa shape index (κ2) is 8.28. The number of nitrogens with zero attached hydrogens (tertiary/aromatic N) is 4. The largest absolute Gasteiger partial charge is 0.357 e. The van der Waals surface area contributed by atoms with Gasteiger partial charge in [-0.3, -0.25) is 4.68 Å². The molecule has 0 radical (unpaired) electrons. The molecule has 0 saturated heterocycles. The molecule has 0 aliphatic rings. The lowest BCUT2D eigenvalue weighted by Gasteiger charge is -2.12. The predicted octanol–water partition coefficient (Wildman–Crippen LogP) is 2.27. The number of hydrogen-bond acceptors (Lipinski definition) is 3. The Morgan fingerprint density at radius 1 is 1.12 bits per heavy atom. The fraction of sp³-hybridized carbons (Fsp3) is 0.316. The predicted molar refractivity (Wildman–Crippen MR) is 101 cm³/mol. The number of guanidine groups is 1. The summed E-state index contributed by atoms with van der Waals surface area (Å²) < 4.78 is 1.74. The van der Waals surface area contributed by atoms with Crippen molar-refractivity contribution < 1.29 is 0 Å². The highest BCUT2D eigenvalue weighted by molar-refractivity contribution is 5.85. The van der Waals surface area contributed by atoms with Crippen LogP contribution in [0.1, 0.15) is 18.3 Å². The van der Waals surface area contributed by atoms with Gasteiger partial charge in [-0.2, -0.15) is 5.10 Å². The summed E-state index contributed by atoms with van der Waals surface area (Å²) >= 11 is 0. The van der Waals surface area contributed by atoms with Crippen LogP contribution in [0.4, 0.5) is 0 Å². The minimum Gasteiger partial charge on any atom is -0.357 e. The van der Waals surface area contributed by atoms with Crippen molar-refractivity contribution in [2.45, 2.75) is 19.9 Å². The first-order valence-corrected chi connectivity index (χ1v) is 8.59. The molecule has 0 atom stereocenters. The van der Waals surface area contributed by atoms with Gasteiger partial charge in [-0.05, 0) is 29.7 Å². The lowest BCUT2D eigenvalue weighted by molar-refractivity contribution is 0.697. The molecule has 2 aromatic carbocycles. The van der Waals surface area contributed by atoms with Gasteiger partial charge in [0.1, 0.15) is 18.7 Å². The zero-order valence-corrected chi connectivity index (χ0v) is 14.7. The van der Waals surface area contributed by atoms with Crippen molar-refractivity contribution in [3.8, 4) is 0 Å². The Hall–Kier alpha value is -2.89. The average molecular weight is 336 g/mol. The van der Waals surface area contributed by atoms with E-state index in [0.29, 0.717) is 6.54 Å². The van der Waals surface area contributed by atoms with E-state index < -0.39 is 0 Å². The minimum absolute atomic E-state index is 0.500. The van der Waals surface area contributed by atoms with Crippen LogP contribution < -0.4 is 10.6 Å². The third-order valence-corrected chi connectivity index (χ3v) is 4.09. The Balaban J connectivity index is 1.62.